The van der Waals surface area contributed by atoms with Gasteiger partial charge in [-0.2, -0.15) is 0 Å². The molecule has 0 aromatic carbocycles. The van der Waals surface area contributed by atoms with Gasteiger partial charge >= 0.3 is 5.97 Å². The molecule has 4 aliphatic rings. The van der Waals surface area contributed by atoms with Crippen molar-refractivity contribution in [2.75, 3.05) is 0 Å². The van der Waals surface area contributed by atoms with Gasteiger partial charge in [0.15, 0.2) is 0 Å². The second kappa shape index (κ2) is 8.90. The summed E-state index contributed by atoms with van der Waals surface area (Å²) in [5.74, 6) is 4.22. The average molecular weight is 447 g/mol. The Bertz CT molecular complexity index is 680. The normalized spacial score (nSPS) is 44.8. The summed E-state index contributed by atoms with van der Waals surface area (Å²) in [6.07, 6.45) is 15.4. The third-order valence-electron chi connectivity index (χ3n) is 11.0. The molecule has 3 heteroatoms. The number of hydrogen-bond donors (Lipinski definition) is 1. The molecule has 32 heavy (non-hydrogen) atoms. The third-order valence-corrected chi connectivity index (χ3v) is 11.0. The third kappa shape index (κ3) is 4.41. The molecule has 0 heterocycles. The zero-order chi connectivity index (χ0) is 23.3. The van der Waals surface area contributed by atoms with Crippen molar-refractivity contribution in [1.29, 1.82) is 0 Å². The molecule has 4 rings (SSSR count). The largest absolute Gasteiger partial charge is 0.462 e. The maximum Gasteiger partial charge on any atom is 0.302 e. The Morgan fingerprint density at radius 1 is 1.06 bits per heavy atom. The molecule has 184 valence electrons. The summed E-state index contributed by atoms with van der Waals surface area (Å²) in [6, 6.07) is 0. The second-order valence-electron chi connectivity index (χ2n) is 13.5. The molecule has 0 saturated heterocycles. The highest BCUT2D eigenvalue weighted by molar-refractivity contribution is 5.66. The van der Waals surface area contributed by atoms with Gasteiger partial charge in [-0.05, 0) is 106 Å². The van der Waals surface area contributed by atoms with Crippen LogP contribution in [-0.2, 0) is 9.53 Å². The Morgan fingerprint density at radius 2 is 1.81 bits per heavy atom. The molecular weight excluding hydrogens is 396 g/mol. The molecule has 9 atom stereocenters. The lowest BCUT2D eigenvalue weighted by Gasteiger charge is -2.60. The Balaban J connectivity index is 1.56. The van der Waals surface area contributed by atoms with Crippen LogP contribution in [0.3, 0.4) is 0 Å². The van der Waals surface area contributed by atoms with Gasteiger partial charge in [0.2, 0.25) is 0 Å². The number of esters is 1. The Morgan fingerprint density at radius 3 is 2.50 bits per heavy atom. The molecule has 0 amide bonds. The molecule has 4 aliphatic carbocycles. The van der Waals surface area contributed by atoms with Crippen LogP contribution in [0.5, 0.6) is 0 Å². The first kappa shape index (κ1) is 24.6. The Labute approximate surface area is 197 Å². The summed E-state index contributed by atoms with van der Waals surface area (Å²) in [4.78, 5) is 12.1. The minimum Gasteiger partial charge on any atom is -0.462 e. The van der Waals surface area contributed by atoms with E-state index >= 15 is 0 Å². The number of ether oxygens (including phenoxy) is 1. The summed E-state index contributed by atoms with van der Waals surface area (Å²) in [5.41, 5.74) is 0.242. The highest BCUT2D eigenvalue weighted by Gasteiger charge is 2.63. The first-order valence-electron chi connectivity index (χ1n) is 13.9. The van der Waals surface area contributed by atoms with Gasteiger partial charge in [0.25, 0.3) is 0 Å². The van der Waals surface area contributed by atoms with Crippen molar-refractivity contribution in [3.8, 4) is 0 Å². The first-order valence-corrected chi connectivity index (χ1v) is 13.9. The zero-order valence-electron chi connectivity index (χ0n) is 21.8. The summed E-state index contributed by atoms with van der Waals surface area (Å²) < 4.78 is 6.07. The maximum absolute atomic E-state index is 12.1. The Kier molecular flexibility index (Phi) is 6.83. The van der Waals surface area contributed by atoms with Gasteiger partial charge in [0.1, 0.15) is 6.10 Å². The summed E-state index contributed by atoms with van der Waals surface area (Å²) in [7, 11) is 0. The topological polar surface area (TPSA) is 46.5 Å². The standard InChI is InChI=1S/C29H50O3/c1-19(10-9-15-27(3,4)31)26-25(32-20(2)30)18-24-22-13-12-21-11-7-8-16-28(21,5)23(22)14-17-29(24,26)6/h19,21-26,31H,7-18H2,1-6H3/t19-,21?,22-,23+,24+,25?,26+,28+,29+/m1/s1. The molecule has 0 radical (unpaired) electrons. The summed E-state index contributed by atoms with van der Waals surface area (Å²) >= 11 is 0. The molecule has 3 nitrogen and oxygen atoms in total. The van der Waals surface area contributed by atoms with Crippen LogP contribution in [0.1, 0.15) is 119 Å². The number of aliphatic hydroxyl groups is 1. The number of hydrogen-bond acceptors (Lipinski definition) is 3. The van der Waals surface area contributed by atoms with E-state index in [0.717, 1.165) is 43.4 Å². The van der Waals surface area contributed by atoms with Gasteiger partial charge in [-0.1, -0.05) is 46.5 Å². The van der Waals surface area contributed by atoms with Crippen molar-refractivity contribution in [3.05, 3.63) is 0 Å². The molecule has 1 N–H and O–H groups in total. The molecule has 0 aliphatic heterocycles. The highest BCUT2D eigenvalue weighted by Crippen LogP contribution is 2.68. The van der Waals surface area contributed by atoms with Crippen molar-refractivity contribution < 1.29 is 14.6 Å². The van der Waals surface area contributed by atoms with E-state index in [2.05, 4.69) is 20.8 Å². The quantitative estimate of drug-likeness (QED) is 0.440. The average Bonchev–Trinajstić information content (AvgIpc) is 2.97. The van der Waals surface area contributed by atoms with E-state index in [0.29, 0.717) is 23.2 Å². The van der Waals surface area contributed by atoms with Crippen molar-refractivity contribution in [2.24, 2.45) is 46.3 Å². The van der Waals surface area contributed by atoms with Gasteiger partial charge in [-0.25, -0.2) is 0 Å². The fourth-order valence-corrected chi connectivity index (χ4v) is 9.71. The molecular formula is C29H50O3. The van der Waals surface area contributed by atoms with Gasteiger partial charge in [0, 0.05) is 12.8 Å². The van der Waals surface area contributed by atoms with Crippen molar-refractivity contribution in [2.45, 2.75) is 130 Å². The highest BCUT2D eigenvalue weighted by atomic mass is 16.5. The fraction of sp³-hybridized carbons (Fsp3) is 0.966. The van der Waals surface area contributed by atoms with Crippen molar-refractivity contribution >= 4 is 5.97 Å². The first-order chi connectivity index (χ1) is 15.0. The van der Waals surface area contributed by atoms with Crippen molar-refractivity contribution in [1.82, 2.24) is 0 Å². The minimum absolute atomic E-state index is 0.0790. The van der Waals surface area contributed by atoms with Crippen LogP contribution >= 0.6 is 0 Å². The van der Waals surface area contributed by atoms with Crippen LogP contribution in [0.25, 0.3) is 0 Å². The van der Waals surface area contributed by atoms with E-state index < -0.39 is 5.60 Å². The predicted molar refractivity (Wildman–Crippen MR) is 130 cm³/mol. The molecule has 4 saturated carbocycles. The number of rotatable bonds is 6. The van der Waals surface area contributed by atoms with Crippen LogP contribution in [0.4, 0.5) is 0 Å². The van der Waals surface area contributed by atoms with E-state index in [-0.39, 0.29) is 17.5 Å². The van der Waals surface area contributed by atoms with Gasteiger partial charge in [0.05, 0.1) is 5.60 Å². The molecule has 2 unspecified atom stereocenters. The van der Waals surface area contributed by atoms with E-state index in [1.165, 1.54) is 51.4 Å². The van der Waals surface area contributed by atoms with Gasteiger partial charge in [-0.3, -0.25) is 4.79 Å². The molecule has 0 aromatic heterocycles. The molecule has 0 aromatic rings. The molecule has 4 fully saturated rings. The van der Waals surface area contributed by atoms with Crippen LogP contribution in [0.2, 0.25) is 0 Å². The number of carbonyl (C=O) groups is 1. The lowest BCUT2D eigenvalue weighted by Crippen LogP contribution is -2.53. The van der Waals surface area contributed by atoms with Gasteiger partial charge in [-0.15, -0.1) is 0 Å². The summed E-state index contributed by atoms with van der Waals surface area (Å²) in [5, 5.41) is 10.2. The number of carbonyl (C=O) groups excluding carboxylic acids is 1. The van der Waals surface area contributed by atoms with Gasteiger partial charge < -0.3 is 9.84 Å². The van der Waals surface area contributed by atoms with Crippen LogP contribution in [0.15, 0.2) is 0 Å². The lowest BCUT2D eigenvalue weighted by atomic mass is 9.44. The predicted octanol–water partition coefficient (Wildman–Crippen LogP) is 7.15. The Hall–Kier alpha value is -0.570. The monoisotopic (exact) mass is 446 g/mol. The smallest absolute Gasteiger partial charge is 0.302 e. The second-order valence-corrected chi connectivity index (χ2v) is 13.5. The van der Waals surface area contributed by atoms with E-state index in [1.807, 2.05) is 13.8 Å². The van der Waals surface area contributed by atoms with Crippen LogP contribution in [-0.4, -0.2) is 22.8 Å². The van der Waals surface area contributed by atoms with E-state index in [9.17, 15) is 9.90 Å². The maximum atomic E-state index is 12.1. The number of fused-ring (bicyclic) bond motifs is 5. The van der Waals surface area contributed by atoms with Crippen molar-refractivity contribution in [3.63, 3.8) is 0 Å². The lowest BCUT2D eigenvalue weighted by molar-refractivity contribution is -0.150. The van der Waals surface area contributed by atoms with E-state index in [4.69, 9.17) is 4.74 Å². The minimum atomic E-state index is -0.594. The summed E-state index contributed by atoms with van der Waals surface area (Å²) in [6.45, 7) is 13.0. The van der Waals surface area contributed by atoms with E-state index in [1.54, 1.807) is 6.92 Å². The SMILES string of the molecule is CC(=O)OC1C[C@H]2[C@@H]3CCC4CCCC[C@]4(C)[C@H]3CC[C@]2(C)[C@H]1[C@H](C)CCCC(C)(C)O. The molecule has 0 bridgehead atoms. The fourth-order valence-electron chi connectivity index (χ4n) is 9.71. The zero-order valence-corrected chi connectivity index (χ0v) is 21.8. The van der Waals surface area contributed by atoms with Crippen LogP contribution in [0, 0.1) is 46.3 Å². The molecule has 0 spiro atoms. The van der Waals surface area contributed by atoms with Crippen LogP contribution < -0.4 is 0 Å².